The van der Waals surface area contributed by atoms with E-state index in [1.807, 2.05) is 13.8 Å². The fourth-order valence-electron chi connectivity index (χ4n) is 0.582. The van der Waals surface area contributed by atoms with Crippen LogP contribution >= 0.6 is 0 Å². The van der Waals surface area contributed by atoms with Crippen molar-refractivity contribution in [3.8, 4) is 0 Å². The van der Waals surface area contributed by atoms with Gasteiger partial charge in [-0.1, -0.05) is 20.8 Å². The highest BCUT2D eigenvalue weighted by Crippen LogP contribution is 1.94. The minimum absolute atomic E-state index is 0.0654. The third-order valence-corrected chi connectivity index (χ3v) is 1.24. The molecule has 0 heterocycles. The van der Waals surface area contributed by atoms with Gasteiger partial charge < -0.3 is 10.3 Å². The molecule has 0 spiro atoms. The van der Waals surface area contributed by atoms with Crippen LogP contribution in [0.2, 0.25) is 0 Å². The highest BCUT2D eigenvalue weighted by molar-refractivity contribution is 6.33. The number of esters is 1. The van der Waals surface area contributed by atoms with E-state index < -0.39 is 5.97 Å². The van der Waals surface area contributed by atoms with Gasteiger partial charge in [-0.15, -0.1) is 0 Å². The first-order valence-corrected chi connectivity index (χ1v) is 3.99. The van der Waals surface area contributed by atoms with E-state index in [2.05, 4.69) is 4.79 Å². The van der Waals surface area contributed by atoms with Gasteiger partial charge in [0.15, 0.2) is 0 Å². The molecular formula is C8H14N2O2. The number of nitrogens with zero attached hydrogens (tertiary/aromatic N) is 2. The molecule has 68 valence electrons. The number of rotatable bonds is 4. The smallest absolute Gasteiger partial charge is 0.416 e. The van der Waals surface area contributed by atoms with E-state index in [1.54, 1.807) is 6.92 Å². The second-order valence-electron chi connectivity index (χ2n) is 2.89. The fraction of sp³-hybridized carbons (Fsp3) is 0.750. The second kappa shape index (κ2) is 5.49. The summed E-state index contributed by atoms with van der Waals surface area (Å²) in [6.07, 6.45) is 0.382. The second-order valence-corrected chi connectivity index (χ2v) is 2.89. The zero-order valence-electron chi connectivity index (χ0n) is 7.70. The number of hydrogen-bond donors (Lipinski definition) is 0. The SMILES string of the molecule is CCC(=[N+]=[N-])C(=O)OCC(C)C. The average Bonchev–Trinajstić information content (AvgIpc) is 2.03. The van der Waals surface area contributed by atoms with Gasteiger partial charge in [0, 0.05) is 0 Å². The summed E-state index contributed by atoms with van der Waals surface area (Å²) in [5.41, 5.74) is 8.41. The molecule has 0 aliphatic rings. The minimum atomic E-state index is -0.534. The minimum Gasteiger partial charge on any atom is -0.457 e. The van der Waals surface area contributed by atoms with Crippen LogP contribution in [0.3, 0.4) is 0 Å². The van der Waals surface area contributed by atoms with Crippen LogP contribution in [0.15, 0.2) is 0 Å². The summed E-state index contributed by atoms with van der Waals surface area (Å²) in [6, 6.07) is 0. The van der Waals surface area contributed by atoms with E-state index >= 15 is 0 Å². The highest BCUT2D eigenvalue weighted by Gasteiger charge is 2.19. The molecule has 4 heteroatoms. The van der Waals surface area contributed by atoms with E-state index in [1.165, 1.54) is 0 Å². The van der Waals surface area contributed by atoms with Crippen LogP contribution in [-0.2, 0) is 9.53 Å². The standard InChI is InChI=1S/C8H14N2O2/c1-4-7(10-9)8(11)12-5-6(2)3/h6H,4-5H2,1-3H3. The van der Waals surface area contributed by atoms with Gasteiger partial charge in [-0.2, -0.15) is 4.79 Å². The van der Waals surface area contributed by atoms with E-state index in [4.69, 9.17) is 10.3 Å². The molecule has 0 rings (SSSR count). The Morgan fingerprint density at radius 3 is 2.50 bits per heavy atom. The lowest BCUT2D eigenvalue weighted by Crippen LogP contribution is -2.19. The Balaban J connectivity index is 3.95. The molecule has 0 amide bonds. The Morgan fingerprint density at radius 1 is 1.58 bits per heavy atom. The first-order chi connectivity index (χ1) is 5.61. The third-order valence-electron chi connectivity index (χ3n) is 1.24. The predicted octanol–water partition coefficient (Wildman–Crippen LogP) is 1.27. The van der Waals surface area contributed by atoms with Crippen molar-refractivity contribution in [3.05, 3.63) is 5.53 Å². The molecular weight excluding hydrogens is 156 g/mol. The van der Waals surface area contributed by atoms with Gasteiger partial charge >= 0.3 is 11.7 Å². The molecule has 0 N–H and O–H groups in total. The molecule has 12 heavy (non-hydrogen) atoms. The van der Waals surface area contributed by atoms with E-state index in [-0.39, 0.29) is 5.71 Å². The zero-order valence-corrected chi connectivity index (χ0v) is 7.70. The van der Waals surface area contributed by atoms with E-state index in [0.717, 1.165) is 0 Å². The van der Waals surface area contributed by atoms with Gasteiger partial charge in [0.25, 0.3) is 0 Å². The van der Waals surface area contributed by atoms with Gasteiger partial charge in [0.05, 0.1) is 13.0 Å². The molecule has 4 nitrogen and oxygen atoms in total. The summed E-state index contributed by atoms with van der Waals surface area (Å²) in [4.78, 5) is 13.8. The zero-order chi connectivity index (χ0) is 9.56. The lowest BCUT2D eigenvalue weighted by atomic mass is 10.2. The van der Waals surface area contributed by atoms with Crippen LogP contribution in [0.5, 0.6) is 0 Å². The van der Waals surface area contributed by atoms with Crippen molar-refractivity contribution in [1.82, 2.24) is 0 Å². The van der Waals surface area contributed by atoms with E-state index in [0.29, 0.717) is 18.9 Å². The molecule has 0 fully saturated rings. The van der Waals surface area contributed by atoms with Crippen LogP contribution in [0.4, 0.5) is 0 Å². The Bertz CT molecular complexity index is 205. The van der Waals surface area contributed by atoms with Crippen LogP contribution < -0.4 is 0 Å². The number of carbonyl (C=O) groups excluding carboxylic acids is 1. The Labute approximate surface area is 72.2 Å². The molecule has 0 aromatic heterocycles. The quantitative estimate of drug-likeness (QED) is 0.276. The number of hydrogen-bond acceptors (Lipinski definition) is 2. The monoisotopic (exact) mass is 170 g/mol. The summed E-state index contributed by atoms with van der Waals surface area (Å²) >= 11 is 0. The maximum atomic E-state index is 11.0. The third kappa shape index (κ3) is 3.88. The van der Waals surface area contributed by atoms with Crippen LogP contribution in [0, 0.1) is 5.92 Å². The van der Waals surface area contributed by atoms with Gasteiger partial charge in [0.1, 0.15) is 0 Å². The molecule has 0 aromatic carbocycles. The predicted molar refractivity (Wildman–Crippen MR) is 44.7 cm³/mol. The first kappa shape index (κ1) is 10.8. The Morgan fingerprint density at radius 2 is 2.17 bits per heavy atom. The summed E-state index contributed by atoms with van der Waals surface area (Å²) < 4.78 is 4.82. The maximum Gasteiger partial charge on any atom is 0.416 e. The molecule has 0 saturated carbocycles. The van der Waals surface area contributed by atoms with Crippen molar-refractivity contribution >= 4 is 11.7 Å². The van der Waals surface area contributed by atoms with Crippen molar-refractivity contribution in [2.24, 2.45) is 5.92 Å². The summed E-state index contributed by atoms with van der Waals surface area (Å²) in [5, 5.41) is 0. The van der Waals surface area contributed by atoms with Crippen molar-refractivity contribution in [1.29, 1.82) is 0 Å². The molecule has 0 aliphatic carbocycles. The molecule has 0 aliphatic heterocycles. The van der Waals surface area contributed by atoms with Gasteiger partial charge in [0.2, 0.25) is 0 Å². The van der Waals surface area contributed by atoms with Crippen molar-refractivity contribution in [2.45, 2.75) is 27.2 Å². The van der Waals surface area contributed by atoms with Crippen molar-refractivity contribution in [2.75, 3.05) is 6.61 Å². The van der Waals surface area contributed by atoms with Crippen LogP contribution in [-0.4, -0.2) is 23.1 Å². The number of ether oxygens (including phenoxy) is 1. The molecule has 0 atom stereocenters. The molecule has 0 aromatic rings. The fourth-order valence-corrected chi connectivity index (χ4v) is 0.582. The van der Waals surface area contributed by atoms with Crippen LogP contribution in [0.25, 0.3) is 5.53 Å². The molecule has 0 saturated heterocycles. The summed E-state index contributed by atoms with van der Waals surface area (Å²) in [5.74, 6) is -0.237. The van der Waals surface area contributed by atoms with Gasteiger partial charge in [-0.3, -0.25) is 0 Å². The topological polar surface area (TPSA) is 62.7 Å². The lowest BCUT2D eigenvalue weighted by molar-refractivity contribution is -0.141. The largest absolute Gasteiger partial charge is 0.457 e. The Kier molecular flexibility index (Phi) is 4.97. The summed E-state index contributed by atoms with van der Waals surface area (Å²) in [7, 11) is 0. The lowest BCUT2D eigenvalue weighted by Gasteiger charge is -2.03. The highest BCUT2D eigenvalue weighted by atomic mass is 16.5. The molecule has 0 radical (unpaired) electrons. The Hall–Kier alpha value is -1.15. The normalized spacial score (nSPS) is 9.33. The average molecular weight is 170 g/mol. The van der Waals surface area contributed by atoms with Gasteiger partial charge in [-0.25, -0.2) is 4.79 Å². The molecule has 0 bridgehead atoms. The van der Waals surface area contributed by atoms with E-state index in [9.17, 15) is 4.79 Å². The first-order valence-electron chi connectivity index (χ1n) is 3.99. The van der Waals surface area contributed by atoms with Crippen molar-refractivity contribution in [3.63, 3.8) is 0 Å². The summed E-state index contributed by atoms with van der Waals surface area (Å²) in [6.45, 7) is 5.97. The van der Waals surface area contributed by atoms with Crippen molar-refractivity contribution < 1.29 is 14.3 Å². The molecule has 0 unspecified atom stereocenters. The van der Waals surface area contributed by atoms with Gasteiger partial charge in [-0.05, 0) is 5.92 Å². The maximum absolute atomic E-state index is 11.0. The van der Waals surface area contributed by atoms with Crippen LogP contribution in [0.1, 0.15) is 27.2 Å². The number of carbonyl (C=O) groups is 1.